The van der Waals surface area contributed by atoms with Gasteiger partial charge in [-0.15, -0.1) is 0 Å². The van der Waals surface area contributed by atoms with Gasteiger partial charge in [-0.1, -0.05) is 20.8 Å². The van der Waals surface area contributed by atoms with Crippen LogP contribution in [0.25, 0.3) is 0 Å². The molecule has 0 aromatic carbocycles. The van der Waals surface area contributed by atoms with E-state index in [1.54, 1.807) is 34.6 Å². The smallest absolute Gasteiger partial charge is 0.308 e. The van der Waals surface area contributed by atoms with Gasteiger partial charge in [0.05, 0.1) is 18.6 Å². The van der Waals surface area contributed by atoms with Crippen molar-refractivity contribution in [3.05, 3.63) is 0 Å². The molecule has 0 spiro atoms. The Morgan fingerprint density at radius 2 is 1.61 bits per heavy atom. The Hall–Kier alpha value is -1.10. The van der Waals surface area contributed by atoms with Crippen LogP contribution in [0.4, 0.5) is 0 Å². The van der Waals surface area contributed by atoms with E-state index in [1.165, 1.54) is 0 Å². The van der Waals surface area contributed by atoms with Crippen LogP contribution in [-0.2, 0) is 23.8 Å². The number of ether oxygens (including phenoxy) is 3. The zero-order valence-corrected chi connectivity index (χ0v) is 11.9. The molecule has 0 aromatic heterocycles. The molecule has 0 aliphatic rings. The number of carbonyl (C=O) groups excluding carboxylic acids is 2. The number of hydrogen-bond acceptors (Lipinski definition) is 5. The fourth-order valence-electron chi connectivity index (χ4n) is 1.03. The molecule has 0 heterocycles. The maximum Gasteiger partial charge on any atom is 0.308 e. The van der Waals surface area contributed by atoms with Crippen LogP contribution in [0.1, 0.15) is 41.0 Å². The van der Waals surface area contributed by atoms with Crippen LogP contribution in [0.5, 0.6) is 0 Å². The third-order valence-corrected chi connectivity index (χ3v) is 2.17. The van der Waals surface area contributed by atoms with E-state index in [0.29, 0.717) is 13.0 Å². The van der Waals surface area contributed by atoms with Crippen molar-refractivity contribution in [3.63, 3.8) is 0 Å². The van der Waals surface area contributed by atoms with Gasteiger partial charge < -0.3 is 14.2 Å². The quantitative estimate of drug-likeness (QED) is 0.624. The van der Waals surface area contributed by atoms with E-state index in [2.05, 4.69) is 0 Å². The summed E-state index contributed by atoms with van der Waals surface area (Å²) in [6.45, 7) is 9.39. The molecular weight excluding hydrogens is 236 g/mol. The van der Waals surface area contributed by atoms with E-state index < -0.39 is 0 Å². The van der Waals surface area contributed by atoms with Crippen molar-refractivity contribution in [1.82, 2.24) is 0 Å². The Labute approximate surface area is 109 Å². The second-order valence-electron chi connectivity index (χ2n) is 4.58. The van der Waals surface area contributed by atoms with Gasteiger partial charge in [-0.3, -0.25) is 9.59 Å². The Bertz CT molecular complexity index is 262. The first-order valence-corrected chi connectivity index (χ1v) is 6.34. The molecule has 0 aliphatic carbocycles. The van der Waals surface area contributed by atoms with Gasteiger partial charge in [-0.25, -0.2) is 0 Å². The van der Waals surface area contributed by atoms with E-state index in [9.17, 15) is 9.59 Å². The highest BCUT2D eigenvalue weighted by Gasteiger charge is 2.14. The van der Waals surface area contributed by atoms with Crippen LogP contribution >= 0.6 is 0 Å². The molecule has 0 bridgehead atoms. The molecule has 0 fully saturated rings. The largest absolute Gasteiger partial charge is 0.463 e. The van der Waals surface area contributed by atoms with Crippen LogP contribution < -0.4 is 0 Å². The Kier molecular flexibility index (Phi) is 8.37. The molecule has 0 radical (unpaired) electrons. The normalized spacial score (nSPS) is 14.1. The Morgan fingerprint density at radius 1 is 1.00 bits per heavy atom. The lowest BCUT2D eigenvalue weighted by Crippen LogP contribution is -2.27. The Morgan fingerprint density at radius 3 is 2.11 bits per heavy atom. The van der Waals surface area contributed by atoms with Gasteiger partial charge in [0.2, 0.25) is 0 Å². The second-order valence-corrected chi connectivity index (χ2v) is 4.58. The zero-order chi connectivity index (χ0) is 14.1. The molecule has 0 saturated carbocycles. The van der Waals surface area contributed by atoms with Gasteiger partial charge in [0, 0.05) is 6.42 Å². The van der Waals surface area contributed by atoms with Crippen molar-refractivity contribution >= 4 is 11.9 Å². The van der Waals surface area contributed by atoms with E-state index >= 15 is 0 Å². The molecule has 0 amide bonds. The summed E-state index contributed by atoms with van der Waals surface area (Å²) in [7, 11) is 0. The predicted molar refractivity (Wildman–Crippen MR) is 67.1 cm³/mol. The third-order valence-electron chi connectivity index (χ3n) is 2.17. The van der Waals surface area contributed by atoms with Crippen LogP contribution in [0.3, 0.4) is 0 Å². The molecular formula is C13H24O5. The van der Waals surface area contributed by atoms with Crippen molar-refractivity contribution < 1.29 is 23.8 Å². The third kappa shape index (κ3) is 8.06. The van der Waals surface area contributed by atoms with Gasteiger partial charge in [-0.05, 0) is 13.8 Å². The second kappa shape index (κ2) is 8.91. The van der Waals surface area contributed by atoms with Crippen molar-refractivity contribution in [2.45, 2.75) is 53.2 Å². The van der Waals surface area contributed by atoms with Crippen LogP contribution in [0.15, 0.2) is 0 Å². The summed E-state index contributed by atoms with van der Waals surface area (Å²) in [5.74, 6) is -0.628. The molecule has 5 nitrogen and oxygen atoms in total. The van der Waals surface area contributed by atoms with E-state index in [1.807, 2.05) is 0 Å². The average Bonchev–Trinajstić information content (AvgIpc) is 2.32. The molecule has 0 aliphatic heterocycles. The van der Waals surface area contributed by atoms with Gasteiger partial charge >= 0.3 is 11.9 Å². The maximum atomic E-state index is 11.3. The lowest BCUT2D eigenvalue weighted by Gasteiger charge is -2.18. The van der Waals surface area contributed by atoms with Crippen LogP contribution in [0, 0.1) is 5.92 Å². The predicted octanol–water partition coefficient (Wildman–Crippen LogP) is 1.93. The average molecular weight is 260 g/mol. The number of hydrogen-bond donors (Lipinski definition) is 0. The number of rotatable bonds is 8. The highest BCUT2D eigenvalue weighted by molar-refractivity contribution is 5.71. The fourth-order valence-corrected chi connectivity index (χ4v) is 1.03. The molecule has 18 heavy (non-hydrogen) atoms. The minimum absolute atomic E-state index is 0.143. The zero-order valence-electron chi connectivity index (χ0n) is 11.9. The van der Waals surface area contributed by atoms with Crippen LogP contribution in [0.2, 0.25) is 0 Å². The Balaban J connectivity index is 3.74. The number of carbonyl (C=O) groups is 2. The van der Waals surface area contributed by atoms with E-state index in [0.717, 1.165) is 0 Å². The highest BCUT2D eigenvalue weighted by atomic mass is 16.6. The molecule has 2 atom stereocenters. The van der Waals surface area contributed by atoms with Crippen molar-refractivity contribution in [1.29, 1.82) is 0 Å². The molecule has 2 unspecified atom stereocenters. The van der Waals surface area contributed by atoms with E-state index in [-0.39, 0.29) is 36.7 Å². The van der Waals surface area contributed by atoms with E-state index in [4.69, 9.17) is 14.2 Å². The summed E-state index contributed by atoms with van der Waals surface area (Å²) in [5, 5.41) is 0. The van der Waals surface area contributed by atoms with Crippen LogP contribution in [-0.4, -0.2) is 37.4 Å². The minimum Gasteiger partial charge on any atom is -0.463 e. The lowest BCUT2D eigenvalue weighted by molar-refractivity contribution is -0.157. The van der Waals surface area contributed by atoms with Crippen molar-refractivity contribution in [3.8, 4) is 0 Å². The summed E-state index contributed by atoms with van der Waals surface area (Å²) in [6, 6.07) is 0. The van der Waals surface area contributed by atoms with Gasteiger partial charge in [0.25, 0.3) is 0 Å². The molecule has 5 heteroatoms. The first-order chi connectivity index (χ1) is 8.36. The number of esters is 2. The molecule has 0 aromatic rings. The summed E-state index contributed by atoms with van der Waals surface area (Å²) in [4.78, 5) is 22.2. The maximum absolute atomic E-state index is 11.3. The molecule has 0 saturated heterocycles. The SMILES string of the molecule is CCC(=O)OCC(C)OCC(C)OC(=O)C(C)C. The molecule has 0 N–H and O–H groups in total. The molecule has 106 valence electrons. The summed E-state index contributed by atoms with van der Waals surface area (Å²) >= 11 is 0. The summed E-state index contributed by atoms with van der Waals surface area (Å²) < 4.78 is 15.5. The summed E-state index contributed by atoms with van der Waals surface area (Å²) in [6.07, 6.45) is -0.153. The highest BCUT2D eigenvalue weighted by Crippen LogP contribution is 2.03. The first kappa shape index (κ1) is 16.9. The topological polar surface area (TPSA) is 61.8 Å². The minimum atomic E-state index is -0.302. The standard InChI is InChI=1S/C13H24O5/c1-6-12(14)17-7-10(4)16-8-11(5)18-13(15)9(2)3/h9-11H,6-8H2,1-5H3. The van der Waals surface area contributed by atoms with Gasteiger partial charge in [0.1, 0.15) is 12.7 Å². The lowest BCUT2D eigenvalue weighted by atomic mass is 10.2. The fraction of sp³-hybridized carbons (Fsp3) is 0.846. The van der Waals surface area contributed by atoms with Gasteiger partial charge in [-0.2, -0.15) is 0 Å². The monoisotopic (exact) mass is 260 g/mol. The van der Waals surface area contributed by atoms with Gasteiger partial charge in [0.15, 0.2) is 0 Å². The first-order valence-electron chi connectivity index (χ1n) is 6.34. The summed E-state index contributed by atoms with van der Waals surface area (Å²) in [5.41, 5.74) is 0. The van der Waals surface area contributed by atoms with Crippen molar-refractivity contribution in [2.75, 3.05) is 13.2 Å². The molecule has 0 rings (SSSR count). The van der Waals surface area contributed by atoms with Crippen molar-refractivity contribution in [2.24, 2.45) is 5.92 Å².